The van der Waals surface area contributed by atoms with Gasteiger partial charge in [-0.2, -0.15) is 0 Å². The van der Waals surface area contributed by atoms with Gasteiger partial charge >= 0.3 is 0 Å². The summed E-state index contributed by atoms with van der Waals surface area (Å²) in [6.45, 7) is 5.98. The first-order valence-corrected chi connectivity index (χ1v) is 9.92. The summed E-state index contributed by atoms with van der Waals surface area (Å²) in [5, 5.41) is 22.1. The molecule has 1 aliphatic rings. The van der Waals surface area contributed by atoms with Crippen LogP contribution in [-0.2, 0) is 14.3 Å². The molecule has 8 nitrogen and oxygen atoms in total. The Bertz CT molecular complexity index is 1060. The number of Topliss-reactive ketones (excluding diaryl/α,β-unsaturated/α-hetero) is 1. The molecule has 1 saturated heterocycles. The molecule has 1 unspecified atom stereocenters. The summed E-state index contributed by atoms with van der Waals surface area (Å²) in [6.07, 6.45) is -0.0430. The number of benzene rings is 2. The Morgan fingerprint density at radius 2 is 1.90 bits per heavy atom. The minimum absolute atomic E-state index is 0.0430. The minimum atomic E-state index is -0.832. The Kier molecular flexibility index (Phi) is 6.50. The van der Waals surface area contributed by atoms with Crippen LogP contribution in [0.25, 0.3) is 5.76 Å². The Labute approximate surface area is 179 Å². The Morgan fingerprint density at radius 3 is 2.55 bits per heavy atom. The Hall–Kier alpha value is -3.52. The van der Waals surface area contributed by atoms with Gasteiger partial charge < -0.3 is 14.7 Å². The monoisotopic (exact) mass is 424 g/mol. The van der Waals surface area contributed by atoms with E-state index < -0.39 is 28.4 Å². The first kappa shape index (κ1) is 22.2. The van der Waals surface area contributed by atoms with Crippen molar-refractivity contribution in [3.8, 4) is 0 Å². The van der Waals surface area contributed by atoms with Gasteiger partial charge in [0.15, 0.2) is 0 Å². The van der Waals surface area contributed by atoms with Crippen molar-refractivity contribution in [1.82, 2.24) is 4.90 Å². The fourth-order valence-corrected chi connectivity index (χ4v) is 3.64. The number of carbonyl (C=O) groups is 2. The zero-order chi connectivity index (χ0) is 22.7. The lowest BCUT2D eigenvalue weighted by atomic mass is 9.92. The summed E-state index contributed by atoms with van der Waals surface area (Å²) in [5.74, 6) is -2.02. The molecule has 2 aromatic carbocycles. The van der Waals surface area contributed by atoms with Gasteiger partial charge in [-0.25, -0.2) is 0 Å². The molecule has 0 aromatic heterocycles. The largest absolute Gasteiger partial charge is 0.507 e. The predicted molar refractivity (Wildman–Crippen MR) is 114 cm³/mol. The van der Waals surface area contributed by atoms with Crippen LogP contribution in [0, 0.1) is 17.0 Å². The van der Waals surface area contributed by atoms with Crippen molar-refractivity contribution in [3.63, 3.8) is 0 Å². The third-order valence-electron chi connectivity index (χ3n) is 5.14. The molecule has 0 saturated carbocycles. The molecule has 1 N–H and O–H groups in total. The zero-order valence-corrected chi connectivity index (χ0v) is 17.6. The molecule has 1 aliphatic heterocycles. The van der Waals surface area contributed by atoms with E-state index in [9.17, 15) is 24.8 Å². The number of aliphatic hydroxyl groups is 1. The normalized spacial score (nSPS) is 18.1. The predicted octanol–water partition coefficient (Wildman–Crippen LogP) is 3.75. The van der Waals surface area contributed by atoms with E-state index in [1.165, 1.54) is 29.2 Å². The standard InChI is InChI=1S/C23H24N2O6/c1-14(2)31-12-11-24-20(18-10-5-4-7-15(18)3)19(22(27)23(24)28)21(26)16-8-6-9-17(13-16)25(29)30/h4-10,13-14,20,26H,11-12H2,1-3H3/b21-19+. The van der Waals surface area contributed by atoms with E-state index in [4.69, 9.17) is 4.74 Å². The highest BCUT2D eigenvalue weighted by Gasteiger charge is 2.46. The van der Waals surface area contributed by atoms with Crippen LogP contribution in [0.1, 0.15) is 36.6 Å². The minimum Gasteiger partial charge on any atom is -0.507 e. The lowest BCUT2D eigenvalue weighted by Crippen LogP contribution is -2.33. The average molecular weight is 424 g/mol. The molecule has 31 heavy (non-hydrogen) atoms. The number of aryl methyl sites for hydroxylation is 1. The van der Waals surface area contributed by atoms with Gasteiger partial charge in [-0.1, -0.05) is 36.4 Å². The first-order chi connectivity index (χ1) is 14.7. The summed E-state index contributed by atoms with van der Waals surface area (Å²) in [4.78, 5) is 37.8. The second kappa shape index (κ2) is 9.09. The lowest BCUT2D eigenvalue weighted by molar-refractivity contribution is -0.384. The van der Waals surface area contributed by atoms with Crippen LogP contribution >= 0.6 is 0 Å². The maximum Gasteiger partial charge on any atom is 0.295 e. The molecule has 0 bridgehead atoms. The number of amides is 1. The SMILES string of the molecule is Cc1ccccc1C1/C(=C(\O)c2cccc([N+](=O)[O-])c2)C(=O)C(=O)N1CCOC(C)C. The molecule has 162 valence electrons. The van der Waals surface area contributed by atoms with Gasteiger partial charge in [0.2, 0.25) is 0 Å². The van der Waals surface area contributed by atoms with Gasteiger partial charge in [0, 0.05) is 24.2 Å². The molecule has 1 amide bonds. The Morgan fingerprint density at radius 1 is 1.19 bits per heavy atom. The summed E-state index contributed by atoms with van der Waals surface area (Å²) < 4.78 is 5.57. The van der Waals surface area contributed by atoms with Crippen molar-refractivity contribution < 1.29 is 24.4 Å². The highest BCUT2D eigenvalue weighted by atomic mass is 16.6. The molecule has 2 aromatic rings. The van der Waals surface area contributed by atoms with E-state index in [0.29, 0.717) is 5.56 Å². The maximum absolute atomic E-state index is 13.0. The third-order valence-corrected chi connectivity index (χ3v) is 5.14. The lowest BCUT2D eigenvalue weighted by Gasteiger charge is -2.26. The van der Waals surface area contributed by atoms with Crippen molar-refractivity contribution in [2.24, 2.45) is 0 Å². The number of non-ortho nitro benzene ring substituents is 1. The number of nitrogens with zero attached hydrogens (tertiary/aromatic N) is 2. The molecule has 1 heterocycles. The van der Waals surface area contributed by atoms with E-state index >= 15 is 0 Å². The summed E-state index contributed by atoms with van der Waals surface area (Å²) in [5.41, 5.74) is 1.32. The molecule has 8 heteroatoms. The van der Waals surface area contributed by atoms with Crippen LogP contribution in [-0.4, -0.2) is 45.9 Å². The Balaban J connectivity index is 2.14. The fraction of sp³-hybridized carbons (Fsp3) is 0.304. The molecule has 0 radical (unpaired) electrons. The molecular weight excluding hydrogens is 400 g/mol. The highest BCUT2D eigenvalue weighted by molar-refractivity contribution is 6.46. The second-order valence-electron chi connectivity index (χ2n) is 7.58. The summed E-state index contributed by atoms with van der Waals surface area (Å²) >= 11 is 0. The van der Waals surface area contributed by atoms with Crippen molar-refractivity contribution >= 4 is 23.1 Å². The second-order valence-corrected chi connectivity index (χ2v) is 7.58. The number of ether oxygens (including phenoxy) is 1. The van der Waals surface area contributed by atoms with E-state index in [-0.39, 0.29) is 36.1 Å². The van der Waals surface area contributed by atoms with Crippen LogP contribution in [0.4, 0.5) is 5.69 Å². The number of aliphatic hydroxyl groups excluding tert-OH is 1. The molecule has 1 fully saturated rings. The topological polar surface area (TPSA) is 110 Å². The summed E-state index contributed by atoms with van der Waals surface area (Å²) in [6, 6.07) is 11.8. The molecular formula is C23H24N2O6. The highest BCUT2D eigenvalue weighted by Crippen LogP contribution is 2.40. The van der Waals surface area contributed by atoms with Gasteiger partial charge in [-0.15, -0.1) is 0 Å². The van der Waals surface area contributed by atoms with Gasteiger partial charge in [-0.05, 0) is 31.9 Å². The van der Waals surface area contributed by atoms with Gasteiger partial charge in [0.05, 0.1) is 29.2 Å². The van der Waals surface area contributed by atoms with E-state index in [1.54, 1.807) is 12.1 Å². The number of ketones is 1. The number of hydrogen-bond acceptors (Lipinski definition) is 6. The van der Waals surface area contributed by atoms with E-state index in [1.807, 2.05) is 32.9 Å². The van der Waals surface area contributed by atoms with Crippen molar-refractivity contribution in [1.29, 1.82) is 0 Å². The van der Waals surface area contributed by atoms with Crippen molar-refractivity contribution in [2.45, 2.75) is 32.9 Å². The quantitative estimate of drug-likeness (QED) is 0.238. The third kappa shape index (κ3) is 4.49. The fourth-order valence-electron chi connectivity index (χ4n) is 3.64. The number of nitro benzene ring substituents is 1. The van der Waals surface area contributed by atoms with Crippen LogP contribution < -0.4 is 0 Å². The van der Waals surface area contributed by atoms with Gasteiger partial charge in [0.25, 0.3) is 17.4 Å². The average Bonchev–Trinajstić information content (AvgIpc) is 2.98. The van der Waals surface area contributed by atoms with Crippen LogP contribution in [0.5, 0.6) is 0 Å². The van der Waals surface area contributed by atoms with Crippen LogP contribution in [0.2, 0.25) is 0 Å². The number of rotatable bonds is 7. The van der Waals surface area contributed by atoms with Crippen LogP contribution in [0.15, 0.2) is 54.1 Å². The van der Waals surface area contributed by atoms with Crippen molar-refractivity contribution in [2.75, 3.05) is 13.2 Å². The number of nitro groups is 1. The number of carbonyl (C=O) groups excluding carboxylic acids is 2. The molecule has 3 rings (SSSR count). The van der Waals surface area contributed by atoms with Crippen molar-refractivity contribution in [3.05, 3.63) is 80.9 Å². The van der Waals surface area contributed by atoms with Gasteiger partial charge in [-0.3, -0.25) is 19.7 Å². The molecule has 0 aliphatic carbocycles. The van der Waals surface area contributed by atoms with Gasteiger partial charge in [0.1, 0.15) is 5.76 Å². The smallest absolute Gasteiger partial charge is 0.295 e. The van der Waals surface area contributed by atoms with E-state index in [2.05, 4.69) is 0 Å². The number of hydrogen-bond donors (Lipinski definition) is 1. The maximum atomic E-state index is 13.0. The molecule has 0 spiro atoms. The number of likely N-dealkylation sites (tertiary alicyclic amines) is 1. The zero-order valence-electron chi connectivity index (χ0n) is 17.6. The first-order valence-electron chi connectivity index (χ1n) is 9.92. The van der Waals surface area contributed by atoms with Crippen LogP contribution in [0.3, 0.4) is 0 Å². The van der Waals surface area contributed by atoms with E-state index in [0.717, 1.165) is 5.56 Å². The molecule has 1 atom stereocenters. The summed E-state index contributed by atoms with van der Waals surface area (Å²) in [7, 11) is 0.